The van der Waals surface area contributed by atoms with E-state index in [4.69, 9.17) is 0 Å². The fraction of sp³-hybridized carbons (Fsp3) is 0.200. The summed E-state index contributed by atoms with van der Waals surface area (Å²) in [4.78, 5) is 13.0. The van der Waals surface area contributed by atoms with Crippen LogP contribution in [0.5, 0.6) is 0 Å². The monoisotopic (exact) mass is 383 g/mol. The summed E-state index contributed by atoms with van der Waals surface area (Å²) in [5, 5.41) is 7.16. The summed E-state index contributed by atoms with van der Waals surface area (Å²) in [6, 6.07) is 15.9. The van der Waals surface area contributed by atoms with Gasteiger partial charge in [-0.25, -0.2) is 13.1 Å². The molecule has 0 aliphatic heterocycles. The molecule has 2 aromatic carbocycles. The van der Waals surface area contributed by atoms with Gasteiger partial charge in [-0.1, -0.05) is 37.6 Å². The summed E-state index contributed by atoms with van der Waals surface area (Å²) in [6.45, 7) is 2.04. The second-order valence-electron chi connectivity index (χ2n) is 6.26. The number of hydrogen-bond acceptors (Lipinski definition) is 4. The van der Waals surface area contributed by atoms with Gasteiger partial charge in [-0.15, -0.1) is 0 Å². The maximum atomic E-state index is 12.8. The van der Waals surface area contributed by atoms with Crippen LogP contribution in [0, 0.1) is 0 Å². The summed E-state index contributed by atoms with van der Waals surface area (Å²) in [6.07, 6.45) is 4.24. The highest BCUT2D eigenvalue weighted by molar-refractivity contribution is 7.90. The van der Waals surface area contributed by atoms with Crippen LogP contribution in [0.25, 0.3) is 5.69 Å². The fourth-order valence-corrected chi connectivity index (χ4v) is 3.50. The molecule has 3 aromatic rings. The van der Waals surface area contributed by atoms with Gasteiger partial charge >= 0.3 is 0 Å². The number of carbonyl (C=O) groups excluding carboxylic acids is 1. The van der Waals surface area contributed by atoms with Crippen molar-refractivity contribution in [2.75, 3.05) is 11.6 Å². The first-order valence-corrected chi connectivity index (χ1v) is 10.5. The Balaban J connectivity index is 1.93. The molecule has 7 heteroatoms. The quantitative estimate of drug-likeness (QED) is 0.707. The Kier molecular flexibility index (Phi) is 5.41. The molecule has 140 valence electrons. The average molecular weight is 383 g/mol. The summed E-state index contributed by atoms with van der Waals surface area (Å²) in [5.74, 6) is -0.314. The van der Waals surface area contributed by atoms with Crippen LogP contribution < -0.4 is 5.32 Å². The normalized spacial score (nSPS) is 11.3. The largest absolute Gasteiger partial charge is 0.322 e. The van der Waals surface area contributed by atoms with E-state index in [0.29, 0.717) is 17.7 Å². The molecule has 0 saturated carbocycles. The lowest BCUT2D eigenvalue weighted by Gasteiger charge is -2.10. The Hall–Kier alpha value is -2.93. The van der Waals surface area contributed by atoms with Crippen LogP contribution in [0.4, 0.5) is 5.69 Å². The van der Waals surface area contributed by atoms with Gasteiger partial charge in [0.25, 0.3) is 5.91 Å². The Morgan fingerprint density at radius 2 is 1.85 bits per heavy atom. The Morgan fingerprint density at radius 1 is 1.11 bits per heavy atom. The molecule has 27 heavy (non-hydrogen) atoms. The number of sulfone groups is 1. The first kappa shape index (κ1) is 18.8. The molecule has 3 rings (SSSR count). The molecule has 1 aromatic heterocycles. The number of para-hydroxylation sites is 1. The van der Waals surface area contributed by atoms with E-state index in [1.54, 1.807) is 23.0 Å². The van der Waals surface area contributed by atoms with Crippen molar-refractivity contribution in [1.82, 2.24) is 9.78 Å². The van der Waals surface area contributed by atoms with E-state index < -0.39 is 9.84 Å². The van der Waals surface area contributed by atoms with Crippen LogP contribution in [0.15, 0.2) is 65.7 Å². The second-order valence-corrected chi connectivity index (χ2v) is 8.27. The first-order valence-electron chi connectivity index (χ1n) is 8.64. The van der Waals surface area contributed by atoms with Crippen molar-refractivity contribution in [3.63, 3.8) is 0 Å². The molecule has 0 unspecified atom stereocenters. The molecule has 1 amide bonds. The van der Waals surface area contributed by atoms with Gasteiger partial charge in [0.1, 0.15) is 0 Å². The van der Waals surface area contributed by atoms with E-state index in [0.717, 1.165) is 24.1 Å². The van der Waals surface area contributed by atoms with E-state index in [9.17, 15) is 13.2 Å². The average Bonchev–Trinajstić information content (AvgIpc) is 3.06. The van der Waals surface area contributed by atoms with Gasteiger partial charge < -0.3 is 5.32 Å². The van der Waals surface area contributed by atoms with Crippen molar-refractivity contribution in [3.8, 4) is 5.69 Å². The minimum absolute atomic E-state index is 0.161. The van der Waals surface area contributed by atoms with Gasteiger partial charge in [-0.2, -0.15) is 5.10 Å². The molecule has 0 saturated heterocycles. The third-order valence-electron chi connectivity index (χ3n) is 4.12. The maximum absolute atomic E-state index is 12.8. The highest BCUT2D eigenvalue weighted by Crippen LogP contribution is 2.20. The zero-order valence-electron chi connectivity index (χ0n) is 15.2. The van der Waals surface area contributed by atoms with Crippen LogP contribution in [-0.4, -0.2) is 30.4 Å². The predicted molar refractivity (Wildman–Crippen MR) is 105 cm³/mol. The number of nitrogens with one attached hydrogen (secondary N) is 1. The molecule has 1 heterocycles. The number of benzene rings is 2. The number of carbonyl (C=O) groups is 1. The number of amides is 1. The van der Waals surface area contributed by atoms with E-state index >= 15 is 0 Å². The van der Waals surface area contributed by atoms with Crippen molar-refractivity contribution in [2.45, 2.75) is 24.7 Å². The third kappa shape index (κ3) is 4.25. The number of hydrogen-bond donors (Lipinski definition) is 1. The Labute approximate surface area is 158 Å². The van der Waals surface area contributed by atoms with Crippen LogP contribution >= 0.6 is 0 Å². The summed E-state index contributed by atoms with van der Waals surface area (Å²) in [5.41, 5.74) is 2.61. The maximum Gasteiger partial charge on any atom is 0.259 e. The van der Waals surface area contributed by atoms with Gasteiger partial charge in [0, 0.05) is 11.9 Å². The lowest BCUT2D eigenvalue weighted by molar-refractivity contribution is 0.102. The van der Waals surface area contributed by atoms with E-state index in [1.807, 2.05) is 37.3 Å². The molecule has 0 bridgehead atoms. The van der Waals surface area contributed by atoms with Gasteiger partial charge in [0.2, 0.25) is 0 Å². The smallest absolute Gasteiger partial charge is 0.259 e. The number of rotatable bonds is 6. The number of anilines is 1. The summed E-state index contributed by atoms with van der Waals surface area (Å²) >= 11 is 0. The van der Waals surface area contributed by atoms with Crippen LogP contribution in [0.1, 0.15) is 29.4 Å². The molecular weight excluding hydrogens is 362 g/mol. The van der Waals surface area contributed by atoms with E-state index in [1.165, 1.54) is 12.1 Å². The molecule has 0 spiro atoms. The van der Waals surface area contributed by atoms with Crippen molar-refractivity contribution >= 4 is 21.4 Å². The molecule has 0 atom stereocenters. The van der Waals surface area contributed by atoms with Gasteiger partial charge in [0.15, 0.2) is 9.84 Å². The molecule has 0 aliphatic carbocycles. The molecule has 1 N–H and O–H groups in total. The van der Waals surface area contributed by atoms with Gasteiger partial charge in [-0.3, -0.25) is 4.79 Å². The minimum Gasteiger partial charge on any atom is -0.322 e. The van der Waals surface area contributed by atoms with Crippen LogP contribution in [-0.2, 0) is 16.3 Å². The number of nitrogens with zero attached hydrogens (tertiary/aromatic N) is 2. The summed E-state index contributed by atoms with van der Waals surface area (Å²) < 4.78 is 25.2. The second kappa shape index (κ2) is 7.75. The van der Waals surface area contributed by atoms with E-state index in [2.05, 4.69) is 10.4 Å². The fourth-order valence-electron chi connectivity index (χ4n) is 2.84. The standard InChI is InChI=1S/C20H21N3O3S/c1-3-8-19-18(14-21-23(19)16-10-5-4-6-11-16)20(24)22-15-9-7-12-17(13-15)27(2,25)26/h4-7,9-14H,3,8H2,1-2H3,(H,22,24). The molecule has 0 aliphatic rings. The Bertz CT molecular complexity index is 1060. The highest BCUT2D eigenvalue weighted by Gasteiger charge is 2.18. The first-order chi connectivity index (χ1) is 12.9. The topological polar surface area (TPSA) is 81.1 Å². The van der Waals surface area contributed by atoms with Crippen molar-refractivity contribution in [3.05, 3.63) is 72.1 Å². The molecule has 6 nitrogen and oxygen atoms in total. The van der Waals surface area contributed by atoms with Crippen molar-refractivity contribution < 1.29 is 13.2 Å². The van der Waals surface area contributed by atoms with E-state index in [-0.39, 0.29) is 10.8 Å². The van der Waals surface area contributed by atoms with Crippen LogP contribution in [0.3, 0.4) is 0 Å². The van der Waals surface area contributed by atoms with Crippen molar-refractivity contribution in [1.29, 1.82) is 0 Å². The minimum atomic E-state index is -3.34. The van der Waals surface area contributed by atoms with Gasteiger partial charge in [-0.05, 0) is 36.8 Å². The van der Waals surface area contributed by atoms with Crippen LogP contribution in [0.2, 0.25) is 0 Å². The lowest BCUT2D eigenvalue weighted by Crippen LogP contribution is -2.15. The molecule has 0 fully saturated rings. The molecular formula is C20H21N3O3S. The highest BCUT2D eigenvalue weighted by atomic mass is 32.2. The number of aromatic nitrogens is 2. The Morgan fingerprint density at radius 3 is 2.52 bits per heavy atom. The zero-order chi connectivity index (χ0) is 19.4. The third-order valence-corrected chi connectivity index (χ3v) is 5.23. The molecule has 0 radical (unpaired) electrons. The van der Waals surface area contributed by atoms with Gasteiger partial charge in [0.05, 0.1) is 28.0 Å². The SMILES string of the molecule is CCCc1c(C(=O)Nc2cccc(S(C)(=O)=O)c2)cnn1-c1ccccc1. The van der Waals surface area contributed by atoms with Crippen molar-refractivity contribution in [2.24, 2.45) is 0 Å². The predicted octanol–water partition coefficient (Wildman–Crippen LogP) is 3.48. The summed E-state index contributed by atoms with van der Waals surface area (Å²) in [7, 11) is -3.34. The lowest BCUT2D eigenvalue weighted by atomic mass is 10.1. The zero-order valence-corrected chi connectivity index (χ0v) is 16.0.